The van der Waals surface area contributed by atoms with Gasteiger partial charge >= 0.3 is 5.97 Å². The molecule has 18 heavy (non-hydrogen) atoms. The van der Waals surface area contributed by atoms with Gasteiger partial charge in [0.05, 0.1) is 11.3 Å². The lowest BCUT2D eigenvalue weighted by Crippen LogP contribution is -2.27. The van der Waals surface area contributed by atoms with Crippen LogP contribution in [-0.2, 0) is 15.8 Å². The molecule has 0 aliphatic carbocycles. The van der Waals surface area contributed by atoms with Gasteiger partial charge in [-0.15, -0.1) is 0 Å². The highest BCUT2D eigenvalue weighted by atomic mass is 32.2. The fraction of sp³-hybridized carbons (Fsp3) is 0.364. The van der Waals surface area contributed by atoms with Crippen molar-refractivity contribution in [2.24, 2.45) is 5.73 Å². The Kier molecular flexibility index (Phi) is 5.26. The number of carboxylic acids is 1. The van der Waals surface area contributed by atoms with Crippen molar-refractivity contribution in [2.45, 2.75) is 12.2 Å². The maximum atomic E-state index is 11.7. The van der Waals surface area contributed by atoms with Crippen LogP contribution in [0.2, 0.25) is 0 Å². The lowest BCUT2D eigenvalue weighted by Gasteiger charge is -2.06. The molecule has 0 atom stereocenters. The standard InChI is InChI=1S/C11H16N2O4S/c12-5-2-6-13-18(16,17)8-9-3-1-4-10(7-9)11(14)15/h1,3-4,7,13H,2,5-6,8,12H2,(H,14,15). The van der Waals surface area contributed by atoms with Crippen LogP contribution in [0.4, 0.5) is 0 Å². The van der Waals surface area contributed by atoms with Crippen LogP contribution >= 0.6 is 0 Å². The SMILES string of the molecule is NCCCNS(=O)(=O)Cc1cccc(C(=O)O)c1. The smallest absolute Gasteiger partial charge is 0.335 e. The molecule has 0 aliphatic rings. The molecule has 1 aromatic rings. The summed E-state index contributed by atoms with van der Waals surface area (Å²) in [4.78, 5) is 10.8. The van der Waals surface area contributed by atoms with Crippen LogP contribution < -0.4 is 10.5 Å². The molecule has 0 radical (unpaired) electrons. The van der Waals surface area contributed by atoms with E-state index in [1.54, 1.807) is 6.07 Å². The zero-order valence-corrected chi connectivity index (χ0v) is 10.6. The molecular weight excluding hydrogens is 256 g/mol. The molecule has 6 nitrogen and oxygen atoms in total. The number of hydrogen-bond donors (Lipinski definition) is 3. The molecule has 0 fully saturated rings. The number of sulfonamides is 1. The Bertz CT molecular complexity index is 514. The number of nitrogens with one attached hydrogen (secondary N) is 1. The monoisotopic (exact) mass is 272 g/mol. The van der Waals surface area contributed by atoms with E-state index in [0.717, 1.165) is 0 Å². The second kappa shape index (κ2) is 6.48. The first-order chi connectivity index (χ1) is 8.44. The first-order valence-corrected chi connectivity index (χ1v) is 7.09. The van der Waals surface area contributed by atoms with Gasteiger partial charge < -0.3 is 10.8 Å². The number of hydrogen-bond acceptors (Lipinski definition) is 4. The van der Waals surface area contributed by atoms with Crippen molar-refractivity contribution in [2.75, 3.05) is 13.1 Å². The predicted molar refractivity (Wildman–Crippen MR) is 67.7 cm³/mol. The Hall–Kier alpha value is -1.44. The predicted octanol–water partition coefficient (Wildman–Crippen LogP) is 0.153. The van der Waals surface area contributed by atoms with Crippen LogP contribution in [-0.4, -0.2) is 32.6 Å². The van der Waals surface area contributed by atoms with Crippen LogP contribution in [0, 0.1) is 0 Å². The van der Waals surface area contributed by atoms with Gasteiger partial charge in [-0.25, -0.2) is 17.9 Å². The van der Waals surface area contributed by atoms with Crippen molar-refractivity contribution in [3.63, 3.8) is 0 Å². The molecule has 0 bridgehead atoms. The molecule has 100 valence electrons. The summed E-state index contributed by atoms with van der Waals surface area (Å²) in [5.41, 5.74) is 5.78. The molecule has 0 aromatic heterocycles. The van der Waals surface area contributed by atoms with Gasteiger partial charge in [0.25, 0.3) is 0 Å². The average Bonchev–Trinajstić information content (AvgIpc) is 2.28. The summed E-state index contributed by atoms with van der Waals surface area (Å²) in [5.74, 6) is -1.32. The first-order valence-electron chi connectivity index (χ1n) is 5.44. The van der Waals surface area contributed by atoms with E-state index in [1.807, 2.05) is 0 Å². The molecule has 1 rings (SSSR count). The number of aromatic carboxylic acids is 1. The minimum atomic E-state index is -3.45. The summed E-state index contributed by atoms with van der Waals surface area (Å²) in [6.07, 6.45) is 0.564. The van der Waals surface area contributed by atoms with Gasteiger partial charge in [0, 0.05) is 6.54 Å². The van der Waals surface area contributed by atoms with Gasteiger partial charge in [0.2, 0.25) is 10.0 Å². The third kappa shape index (κ3) is 4.82. The van der Waals surface area contributed by atoms with E-state index >= 15 is 0 Å². The summed E-state index contributed by atoms with van der Waals surface area (Å²) in [5, 5.41) is 8.80. The maximum Gasteiger partial charge on any atom is 0.335 e. The zero-order chi connectivity index (χ0) is 13.6. The van der Waals surface area contributed by atoms with E-state index < -0.39 is 16.0 Å². The Morgan fingerprint density at radius 1 is 1.39 bits per heavy atom. The Morgan fingerprint density at radius 3 is 2.72 bits per heavy atom. The van der Waals surface area contributed by atoms with Crippen LogP contribution in [0.1, 0.15) is 22.3 Å². The number of rotatable bonds is 7. The van der Waals surface area contributed by atoms with Crippen LogP contribution in [0.3, 0.4) is 0 Å². The average molecular weight is 272 g/mol. The highest BCUT2D eigenvalue weighted by Crippen LogP contribution is 2.08. The van der Waals surface area contributed by atoms with Gasteiger partial charge in [0.1, 0.15) is 0 Å². The van der Waals surface area contributed by atoms with Crippen LogP contribution in [0.15, 0.2) is 24.3 Å². The quantitative estimate of drug-likeness (QED) is 0.612. The zero-order valence-electron chi connectivity index (χ0n) is 9.80. The topological polar surface area (TPSA) is 109 Å². The van der Waals surface area contributed by atoms with Crippen LogP contribution in [0.25, 0.3) is 0 Å². The molecule has 0 amide bonds. The number of carbonyl (C=O) groups is 1. The largest absolute Gasteiger partial charge is 0.478 e. The molecule has 0 spiro atoms. The Morgan fingerprint density at radius 2 is 2.11 bits per heavy atom. The van der Waals surface area contributed by atoms with Crippen molar-refractivity contribution in [1.82, 2.24) is 4.72 Å². The van der Waals surface area contributed by atoms with E-state index in [1.165, 1.54) is 18.2 Å². The van der Waals surface area contributed by atoms with Crippen LogP contribution in [0.5, 0.6) is 0 Å². The number of nitrogens with two attached hydrogens (primary N) is 1. The molecule has 0 unspecified atom stereocenters. The molecule has 0 aliphatic heterocycles. The second-order valence-electron chi connectivity index (χ2n) is 3.80. The molecule has 1 aromatic carbocycles. The van der Waals surface area contributed by atoms with Gasteiger partial charge in [-0.2, -0.15) is 0 Å². The van der Waals surface area contributed by atoms with Crippen molar-refractivity contribution in [3.05, 3.63) is 35.4 Å². The summed E-state index contributed by atoms with van der Waals surface area (Å²) in [7, 11) is -3.45. The van der Waals surface area contributed by atoms with Crippen molar-refractivity contribution >= 4 is 16.0 Å². The van der Waals surface area contributed by atoms with Gasteiger partial charge in [-0.3, -0.25) is 0 Å². The van der Waals surface area contributed by atoms with Gasteiger partial charge in [-0.1, -0.05) is 12.1 Å². The maximum absolute atomic E-state index is 11.7. The molecular formula is C11H16N2O4S. The van der Waals surface area contributed by atoms with Crippen molar-refractivity contribution < 1.29 is 18.3 Å². The van der Waals surface area contributed by atoms with Gasteiger partial charge in [0.15, 0.2) is 0 Å². The lowest BCUT2D eigenvalue weighted by molar-refractivity contribution is 0.0696. The van der Waals surface area contributed by atoms with E-state index in [2.05, 4.69) is 4.72 Å². The summed E-state index contributed by atoms with van der Waals surface area (Å²) < 4.78 is 25.7. The molecule has 7 heteroatoms. The Labute approximate surface area is 106 Å². The number of carboxylic acid groups (broad SMARTS) is 1. The normalized spacial score (nSPS) is 11.4. The summed E-state index contributed by atoms with van der Waals surface area (Å²) >= 11 is 0. The van der Waals surface area contributed by atoms with E-state index in [9.17, 15) is 13.2 Å². The fourth-order valence-electron chi connectivity index (χ4n) is 1.39. The van der Waals surface area contributed by atoms with Gasteiger partial charge in [-0.05, 0) is 30.7 Å². The highest BCUT2D eigenvalue weighted by molar-refractivity contribution is 7.88. The van der Waals surface area contributed by atoms with Crippen molar-refractivity contribution in [1.29, 1.82) is 0 Å². The Balaban J connectivity index is 2.72. The first kappa shape index (κ1) is 14.6. The minimum Gasteiger partial charge on any atom is -0.478 e. The van der Waals surface area contributed by atoms with E-state index in [-0.39, 0.29) is 17.9 Å². The summed E-state index contributed by atoms with van der Waals surface area (Å²) in [6, 6.07) is 5.87. The second-order valence-corrected chi connectivity index (χ2v) is 5.61. The fourth-order valence-corrected chi connectivity index (χ4v) is 2.57. The molecule has 0 saturated heterocycles. The third-order valence-corrected chi connectivity index (χ3v) is 3.59. The molecule has 4 N–H and O–H groups in total. The molecule has 0 saturated carbocycles. The van der Waals surface area contributed by atoms with Crippen molar-refractivity contribution in [3.8, 4) is 0 Å². The third-order valence-electron chi connectivity index (χ3n) is 2.23. The number of benzene rings is 1. The minimum absolute atomic E-state index is 0.0738. The summed E-state index contributed by atoms with van der Waals surface area (Å²) in [6.45, 7) is 0.703. The lowest BCUT2D eigenvalue weighted by atomic mass is 10.1. The van der Waals surface area contributed by atoms with E-state index in [4.69, 9.17) is 10.8 Å². The highest BCUT2D eigenvalue weighted by Gasteiger charge is 2.12. The van der Waals surface area contributed by atoms with E-state index in [0.29, 0.717) is 18.5 Å². The molecule has 0 heterocycles.